The average Bonchev–Trinajstić information content (AvgIpc) is 2.97. The van der Waals surface area contributed by atoms with Gasteiger partial charge >= 0.3 is 0 Å². The van der Waals surface area contributed by atoms with Crippen molar-refractivity contribution in [2.75, 3.05) is 57.4 Å². The van der Waals surface area contributed by atoms with E-state index in [1.54, 1.807) is 6.20 Å². The summed E-state index contributed by atoms with van der Waals surface area (Å²) < 4.78 is 7.30. The summed E-state index contributed by atoms with van der Waals surface area (Å²) in [6.45, 7) is 6.18. The summed E-state index contributed by atoms with van der Waals surface area (Å²) in [7, 11) is 0. The van der Waals surface area contributed by atoms with Crippen molar-refractivity contribution in [1.29, 1.82) is 0 Å². The van der Waals surface area contributed by atoms with E-state index in [4.69, 9.17) is 9.72 Å². The number of nitrogens with one attached hydrogen (secondary N) is 1. The number of fused-ring (bicyclic) bond motifs is 2. The first kappa shape index (κ1) is 16.0. The molecule has 26 heavy (non-hydrogen) atoms. The van der Waals surface area contributed by atoms with Crippen LogP contribution in [0.2, 0.25) is 0 Å². The molecule has 0 spiro atoms. The summed E-state index contributed by atoms with van der Waals surface area (Å²) in [6.07, 6.45) is 3.69. The van der Waals surface area contributed by atoms with E-state index in [2.05, 4.69) is 15.3 Å². The van der Waals surface area contributed by atoms with Crippen LogP contribution in [0.25, 0.3) is 5.65 Å². The van der Waals surface area contributed by atoms with Crippen molar-refractivity contribution in [2.45, 2.75) is 12.8 Å². The lowest BCUT2D eigenvalue weighted by atomic mass is 9.96. The highest BCUT2D eigenvalue weighted by Gasteiger charge is 2.38. The van der Waals surface area contributed by atoms with E-state index in [0.717, 1.165) is 63.6 Å². The second-order valence-electron chi connectivity index (χ2n) is 7.25. The molecule has 5 rings (SSSR count). The lowest BCUT2D eigenvalue weighted by Gasteiger charge is -2.43. The third-order valence-corrected chi connectivity index (χ3v) is 5.63. The summed E-state index contributed by atoms with van der Waals surface area (Å²) in [6, 6.07) is 1.96. The number of hydrogen-bond acceptors (Lipinski definition) is 6. The number of hydrogen-bond donors (Lipinski definition) is 1. The Morgan fingerprint density at radius 3 is 2.85 bits per heavy atom. The molecule has 2 aromatic heterocycles. The summed E-state index contributed by atoms with van der Waals surface area (Å²) in [5, 5.41) is 7.95. The van der Waals surface area contributed by atoms with Crippen LogP contribution in [-0.4, -0.2) is 77.9 Å². The van der Waals surface area contributed by atoms with Gasteiger partial charge in [-0.25, -0.2) is 4.98 Å². The van der Waals surface area contributed by atoms with Crippen molar-refractivity contribution in [3.8, 4) is 0 Å². The number of carbonyl (C=O) groups excluding carboxylic acids is 1. The van der Waals surface area contributed by atoms with E-state index in [9.17, 15) is 4.79 Å². The van der Waals surface area contributed by atoms with E-state index < -0.39 is 0 Å². The third-order valence-electron chi connectivity index (χ3n) is 5.63. The molecule has 2 saturated heterocycles. The van der Waals surface area contributed by atoms with E-state index in [0.29, 0.717) is 13.2 Å². The Kier molecular flexibility index (Phi) is 4.01. The van der Waals surface area contributed by atoms with Crippen molar-refractivity contribution in [2.24, 2.45) is 5.92 Å². The van der Waals surface area contributed by atoms with Gasteiger partial charge in [0.2, 0.25) is 5.91 Å². The predicted molar refractivity (Wildman–Crippen MR) is 96.4 cm³/mol. The minimum absolute atomic E-state index is 0.0754. The van der Waals surface area contributed by atoms with E-state index in [1.807, 2.05) is 15.5 Å². The molecule has 8 heteroatoms. The number of anilines is 1. The first-order chi connectivity index (χ1) is 12.8. The van der Waals surface area contributed by atoms with Gasteiger partial charge in [0.15, 0.2) is 5.65 Å². The zero-order chi connectivity index (χ0) is 17.5. The van der Waals surface area contributed by atoms with Gasteiger partial charge in [0, 0.05) is 50.8 Å². The molecule has 0 bridgehead atoms. The van der Waals surface area contributed by atoms with E-state index in [-0.39, 0.29) is 11.8 Å². The number of carbonyl (C=O) groups is 1. The van der Waals surface area contributed by atoms with Gasteiger partial charge in [-0.05, 0) is 13.0 Å². The van der Waals surface area contributed by atoms with Crippen LogP contribution in [0.15, 0.2) is 12.3 Å². The molecule has 3 aliphatic rings. The van der Waals surface area contributed by atoms with Crippen molar-refractivity contribution in [1.82, 2.24) is 24.8 Å². The Hall–Kier alpha value is -2.19. The molecule has 2 aromatic rings. The van der Waals surface area contributed by atoms with Crippen LogP contribution >= 0.6 is 0 Å². The predicted octanol–water partition coefficient (Wildman–Crippen LogP) is -0.287. The summed E-state index contributed by atoms with van der Waals surface area (Å²) in [5.41, 5.74) is 3.34. The first-order valence-electron chi connectivity index (χ1n) is 9.49. The van der Waals surface area contributed by atoms with Gasteiger partial charge in [-0.2, -0.15) is 9.61 Å². The molecule has 5 heterocycles. The van der Waals surface area contributed by atoms with Crippen LogP contribution in [0, 0.1) is 5.92 Å². The summed E-state index contributed by atoms with van der Waals surface area (Å²) in [4.78, 5) is 21.8. The Morgan fingerprint density at radius 2 is 2.00 bits per heavy atom. The van der Waals surface area contributed by atoms with Crippen LogP contribution in [0.3, 0.4) is 0 Å². The van der Waals surface area contributed by atoms with Crippen molar-refractivity contribution in [3.63, 3.8) is 0 Å². The molecule has 0 unspecified atom stereocenters. The molecular formula is C18H24N6O2. The van der Waals surface area contributed by atoms with Crippen LogP contribution in [0.5, 0.6) is 0 Å². The second kappa shape index (κ2) is 6.51. The number of morpholine rings is 1. The molecule has 3 aliphatic heterocycles. The number of amides is 1. The molecule has 2 fully saturated rings. The molecule has 138 valence electrons. The highest BCUT2D eigenvalue weighted by atomic mass is 16.5. The SMILES string of the molecule is O=C(C1CN(c2c3c(nc4ccnn24)CCNCC3)C1)N1CCOCC1. The maximum Gasteiger partial charge on any atom is 0.229 e. The Morgan fingerprint density at radius 1 is 1.19 bits per heavy atom. The molecular weight excluding hydrogens is 332 g/mol. The van der Waals surface area contributed by atoms with Gasteiger partial charge in [0.05, 0.1) is 31.0 Å². The monoisotopic (exact) mass is 356 g/mol. The van der Waals surface area contributed by atoms with Crippen LogP contribution < -0.4 is 10.2 Å². The Labute approximate surface area is 152 Å². The van der Waals surface area contributed by atoms with Crippen LogP contribution in [0.4, 0.5) is 5.82 Å². The minimum atomic E-state index is 0.0754. The molecule has 0 radical (unpaired) electrons. The van der Waals surface area contributed by atoms with Gasteiger partial charge in [-0.15, -0.1) is 0 Å². The van der Waals surface area contributed by atoms with Gasteiger partial charge in [0.25, 0.3) is 0 Å². The fourth-order valence-electron chi connectivity index (χ4n) is 4.19. The van der Waals surface area contributed by atoms with Crippen molar-refractivity contribution in [3.05, 3.63) is 23.5 Å². The van der Waals surface area contributed by atoms with Gasteiger partial charge in [-0.3, -0.25) is 4.79 Å². The quantitative estimate of drug-likeness (QED) is 0.797. The lowest BCUT2D eigenvalue weighted by Crippen LogP contribution is -2.57. The zero-order valence-corrected chi connectivity index (χ0v) is 14.9. The van der Waals surface area contributed by atoms with Gasteiger partial charge in [-0.1, -0.05) is 0 Å². The number of rotatable bonds is 2. The first-order valence-corrected chi connectivity index (χ1v) is 9.49. The summed E-state index contributed by atoms with van der Waals surface area (Å²) in [5.74, 6) is 1.47. The number of aromatic nitrogens is 3. The smallest absolute Gasteiger partial charge is 0.229 e. The number of nitrogens with zero attached hydrogens (tertiary/aromatic N) is 5. The largest absolute Gasteiger partial charge is 0.378 e. The van der Waals surface area contributed by atoms with Crippen LogP contribution in [0.1, 0.15) is 11.3 Å². The average molecular weight is 356 g/mol. The van der Waals surface area contributed by atoms with Gasteiger partial charge < -0.3 is 19.9 Å². The minimum Gasteiger partial charge on any atom is -0.378 e. The zero-order valence-electron chi connectivity index (χ0n) is 14.9. The normalized spacial score (nSPS) is 21.4. The third kappa shape index (κ3) is 2.64. The fourth-order valence-corrected chi connectivity index (χ4v) is 4.19. The molecule has 1 N–H and O–H groups in total. The van der Waals surface area contributed by atoms with Crippen molar-refractivity contribution >= 4 is 17.4 Å². The molecule has 0 saturated carbocycles. The van der Waals surface area contributed by atoms with Crippen LogP contribution in [-0.2, 0) is 22.4 Å². The maximum atomic E-state index is 12.7. The number of ether oxygens (including phenoxy) is 1. The standard InChI is InChI=1S/C18H24N6O2/c25-18(22-7-9-26-10-8-22)13-11-23(12-13)17-14-1-4-19-5-2-15(14)21-16-3-6-20-24(16)17/h3,6,13,19H,1-2,4-5,7-12H2. The highest BCUT2D eigenvalue weighted by Crippen LogP contribution is 2.32. The molecule has 0 atom stereocenters. The molecule has 8 nitrogen and oxygen atoms in total. The van der Waals surface area contributed by atoms with E-state index in [1.165, 1.54) is 11.3 Å². The molecule has 0 aromatic carbocycles. The molecule has 1 amide bonds. The fraction of sp³-hybridized carbons (Fsp3) is 0.611. The maximum absolute atomic E-state index is 12.7. The highest BCUT2D eigenvalue weighted by molar-refractivity contribution is 5.82. The second-order valence-corrected chi connectivity index (χ2v) is 7.25. The van der Waals surface area contributed by atoms with Gasteiger partial charge in [0.1, 0.15) is 5.82 Å². The lowest BCUT2D eigenvalue weighted by molar-refractivity contribution is -0.140. The van der Waals surface area contributed by atoms with E-state index >= 15 is 0 Å². The topological polar surface area (TPSA) is 75.0 Å². The van der Waals surface area contributed by atoms with Crippen molar-refractivity contribution < 1.29 is 9.53 Å². The molecule has 0 aliphatic carbocycles. The summed E-state index contributed by atoms with van der Waals surface area (Å²) >= 11 is 0. The Balaban J connectivity index is 1.41. The Bertz CT molecular complexity index is 822.